The standard InChI is InChI=1S/C18H18N6O3S2/c1-3-26-14-8-6-5-7-13(14)24-18(21-22-23-24)28-10-12-11(9-19)16(20)29-15(12)17(25)27-4-2/h5-8H,3-4,10,20H2,1-2H3. The number of ether oxygens (including phenoxy) is 2. The van der Waals surface area contributed by atoms with E-state index in [0.717, 1.165) is 11.3 Å². The molecule has 0 saturated carbocycles. The zero-order valence-electron chi connectivity index (χ0n) is 15.8. The fraction of sp³-hybridized carbons (Fsp3) is 0.278. The van der Waals surface area contributed by atoms with Gasteiger partial charge in [0.15, 0.2) is 0 Å². The van der Waals surface area contributed by atoms with Crippen LogP contribution in [0.1, 0.15) is 34.6 Å². The Labute approximate surface area is 175 Å². The quantitative estimate of drug-likeness (QED) is 0.423. The molecule has 0 atom stereocenters. The summed E-state index contributed by atoms with van der Waals surface area (Å²) in [5, 5.41) is 22.1. The highest BCUT2D eigenvalue weighted by atomic mass is 32.2. The number of benzene rings is 1. The van der Waals surface area contributed by atoms with Crippen LogP contribution < -0.4 is 10.5 Å². The third kappa shape index (κ3) is 4.33. The molecular weight excluding hydrogens is 412 g/mol. The lowest BCUT2D eigenvalue weighted by molar-refractivity contribution is 0.0531. The maximum Gasteiger partial charge on any atom is 0.348 e. The third-order valence-electron chi connectivity index (χ3n) is 3.79. The first-order valence-corrected chi connectivity index (χ1v) is 10.5. The first-order valence-electron chi connectivity index (χ1n) is 8.72. The highest BCUT2D eigenvalue weighted by molar-refractivity contribution is 7.98. The fourth-order valence-corrected chi connectivity index (χ4v) is 4.51. The van der Waals surface area contributed by atoms with Crippen LogP contribution in [0.25, 0.3) is 5.69 Å². The van der Waals surface area contributed by atoms with Crippen LogP contribution in [0.15, 0.2) is 29.4 Å². The Morgan fingerprint density at radius 2 is 2.14 bits per heavy atom. The molecule has 29 heavy (non-hydrogen) atoms. The summed E-state index contributed by atoms with van der Waals surface area (Å²) in [6.07, 6.45) is 0. The van der Waals surface area contributed by atoms with E-state index in [2.05, 4.69) is 21.6 Å². The molecule has 3 aromatic rings. The molecule has 0 aliphatic heterocycles. The summed E-state index contributed by atoms with van der Waals surface area (Å²) in [6.45, 7) is 4.35. The highest BCUT2D eigenvalue weighted by Gasteiger charge is 2.24. The first kappa shape index (κ1) is 20.6. The molecular formula is C18H18N6O3S2. The molecule has 2 aromatic heterocycles. The van der Waals surface area contributed by atoms with E-state index in [0.29, 0.717) is 33.6 Å². The Balaban J connectivity index is 1.91. The van der Waals surface area contributed by atoms with Crippen LogP contribution in [-0.4, -0.2) is 39.4 Å². The number of para-hydroxylation sites is 2. The molecule has 0 aliphatic rings. The van der Waals surface area contributed by atoms with Gasteiger partial charge in [-0.25, -0.2) is 4.79 Å². The van der Waals surface area contributed by atoms with Gasteiger partial charge < -0.3 is 15.2 Å². The molecule has 0 amide bonds. The molecule has 0 saturated heterocycles. The van der Waals surface area contributed by atoms with Crippen LogP contribution in [0, 0.1) is 11.3 Å². The number of hydrogen-bond donors (Lipinski definition) is 1. The van der Waals surface area contributed by atoms with E-state index in [4.69, 9.17) is 15.2 Å². The second kappa shape index (κ2) is 9.40. The Morgan fingerprint density at radius 3 is 2.86 bits per heavy atom. The fourth-order valence-electron chi connectivity index (χ4n) is 2.57. The Morgan fingerprint density at radius 1 is 1.34 bits per heavy atom. The van der Waals surface area contributed by atoms with Crippen molar-refractivity contribution in [2.75, 3.05) is 18.9 Å². The topological polar surface area (TPSA) is 129 Å². The number of nitriles is 1. The van der Waals surface area contributed by atoms with Gasteiger partial charge in [-0.15, -0.1) is 16.4 Å². The summed E-state index contributed by atoms with van der Waals surface area (Å²) >= 11 is 2.33. The highest BCUT2D eigenvalue weighted by Crippen LogP contribution is 2.36. The smallest absolute Gasteiger partial charge is 0.348 e. The average molecular weight is 431 g/mol. The van der Waals surface area contributed by atoms with Gasteiger partial charge in [0, 0.05) is 11.3 Å². The molecule has 3 rings (SSSR count). The number of carbonyl (C=O) groups is 1. The van der Waals surface area contributed by atoms with E-state index in [9.17, 15) is 10.1 Å². The van der Waals surface area contributed by atoms with Crippen molar-refractivity contribution in [3.8, 4) is 17.5 Å². The molecule has 0 unspecified atom stereocenters. The molecule has 2 N–H and O–H groups in total. The Kier molecular flexibility index (Phi) is 6.69. The predicted molar refractivity (Wildman–Crippen MR) is 109 cm³/mol. The van der Waals surface area contributed by atoms with Gasteiger partial charge in [-0.2, -0.15) is 9.94 Å². The van der Waals surface area contributed by atoms with Crippen molar-refractivity contribution in [1.82, 2.24) is 20.2 Å². The minimum Gasteiger partial charge on any atom is -0.492 e. The predicted octanol–water partition coefficient (Wildman–Crippen LogP) is 3.05. The van der Waals surface area contributed by atoms with Gasteiger partial charge in [0.2, 0.25) is 5.16 Å². The van der Waals surface area contributed by atoms with Crippen molar-refractivity contribution >= 4 is 34.1 Å². The minimum absolute atomic E-state index is 0.234. The molecule has 9 nitrogen and oxygen atoms in total. The van der Waals surface area contributed by atoms with Crippen LogP contribution >= 0.6 is 23.1 Å². The molecule has 0 aliphatic carbocycles. The Hall–Kier alpha value is -3.10. The molecule has 0 spiro atoms. The zero-order valence-corrected chi connectivity index (χ0v) is 17.4. The van der Waals surface area contributed by atoms with E-state index in [-0.39, 0.29) is 22.9 Å². The number of carbonyl (C=O) groups excluding carboxylic acids is 1. The summed E-state index contributed by atoms with van der Waals surface area (Å²) in [4.78, 5) is 12.6. The van der Waals surface area contributed by atoms with Crippen LogP contribution in [0.2, 0.25) is 0 Å². The van der Waals surface area contributed by atoms with E-state index in [1.807, 2.05) is 31.2 Å². The van der Waals surface area contributed by atoms with Gasteiger partial charge in [0.05, 0.1) is 18.8 Å². The van der Waals surface area contributed by atoms with Crippen molar-refractivity contribution in [3.05, 3.63) is 40.3 Å². The monoisotopic (exact) mass is 430 g/mol. The second-order valence-corrected chi connectivity index (χ2v) is 7.54. The molecule has 0 fully saturated rings. The molecule has 1 aromatic carbocycles. The number of aromatic nitrogens is 4. The SMILES string of the molecule is CCOC(=O)c1sc(N)c(C#N)c1CSc1nnnn1-c1ccccc1OCC. The van der Waals surface area contributed by atoms with Crippen molar-refractivity contribution in [2.45, 2.75) is 24.8 Å². The van der Waals surface area contributed by atoms with Crippen LogP contribution in [0.5, 0.6) is 5.75 Å². The number of anilines is 1. The van der Waals surface area contributed by atoms with Gasteiger partial charge in [0.25, 0.3) is 0 Å². The van der Waals surface area contributed by atoms with E-state index in [1.165, 1.54) is 11.8 Å². The molecule has 150 valence electrons. The van der Waals surface area contributed by atoms with Crippen LogP contribution in [0.3, 0.4) is 0 Å². The van der Waals surface area contributed by atoms with E-state index in [1.54, 1.807) is 11.6 Å². The number of tetrazole rings is 1. The van der Waals surface area contributed by atoms with Gasteiger partial charge >= 0.3 is 5.97 Å². The summed E-state index contributed by atoms with van der Waals surface area (Å²) < 4.78 is 12.3. The largest absolute Gasteiger partial charge is 0.492 e. The third-order valence-corrected chi connectivity index (χ3v) is 5.77. The first-order chi connectivity index (χ1) is 14.1. The number of nitrogens with zero attached hydrogens (tertiary/aromatic N) is 5. The lowest BCUT2D eigenvalue weighted by Gasteiger charge is -2.10. The Bertz CT molecular complexity index is 1060. The number of thioether (sulfide) groups is 1. The summed E-state index contributed by atoms with van der Waals surface area (Å²) in [7, 11) is 0. The van der Waals surface area contributed by atoms with Crippen molar-refractivity contribution < 1.29 is 14.3 Å². The number of nitrogens with two attached hydrogens (primary N) is 1. The van der Waals surface area contributed by atoms with Crippen molar-refractivity contribution in [3.63, 3.8) is 0 Å². The maximum atomic E-state index is 12.3. The summed E-state index contributed by atoms with van der Waals surface area (Å²) in [6, 6.07) is 9.48. The normalized spacial score (nSPS) is 10.5. The van der Waals surface area contributed by atoms with Crippen LogP contribution in [0.4, 0.5) is 5.00 Å². The minimum atomic E-state index is -0.498. The number of thiophene rings is 1. The molecule has 2 heterocycles. The zero-order chi connectivity index (χ0) is 20.8. The van der Waals surface area contributed by atoms with E-state index >= 15 is 0 Å². The summed E-state index contributed by atoms with van der Waals surface area (Å²) in [5.74, 6) is 0.429. The van der Waals surface area contributed by atoms with Gasteiger partial charge in [-0.1, -0.05) is 23.9 Å². The number of hydrogen-bond acceptors (Lipinski definition) is 10. The van der Waals surface area contributed by atoms with Gasteiger partial charge in [-0.3, -0.25) is 0 Å². The van der Waals surface area contributed by atoms with Crippen LogP contribution in [-0.2, 0) is 10.5 Å². The maximum absolute atomic E-state index is 12.3. The van der Waals surface area contributed by atoms with E-state index < -0.39 is 5.97 Å². The number of esters is 1. The molecule has 11 heteroatoms. The number of rotatable bonds is 8. The van der Waals surface area contributed by atoms with Crippen molar-refractivity contribution in [1.29, 1.82) is 5.26 Å². The lowest BCUT2D eigenvalue weighted by atomic mass is 10.2. The van der Waals surface area contributed by atoms with Gasteiger partial charge in [-0.05, 0) is 36.4 Å². The summed E-state index contributed by atoms with van der Waals surface area (Å²) in [5.41, 5.74) is 7.42. The molecule has 0 bridgehead atoms. The number of nitrogen functional groups attached to an aromatic ring is 1. The van der Waals surface area contributed by atoms with Crippen molar-refractivity contribution in [2.24, 2.45) is 0 Å². The average Bonchev–Trinajstić information content (AvgIpc) is 3.31. The lowest BCUT2D eigenvalue weighted by Crippen LogP contribution is -2.06. The van der Waals surface area contributed by atoms with Gasteiger partial charge in [0.1, 0.15) is 27.4 Å². The second-order valence-electron chi connectivity index (χ2n) is 5.54. The molecule has 0 radical (unpaired) electrons.